The first-order valence-corrected chi connectivity index (χ1v) is 7.15. The third-order valence-corrected chi connectivity index (χ3v) is 3.37. The molecule has 0 atom stereocenters. The monoisotopic (exact) mass is 322 g/mol. The number of rotatable bonds is 4. The molecule has 0 amide bonds. The zero-order valence-electron chi connectivity index (χ0n) is 12.8. The van der Waals surface area contributed by atoms with Crippen LogP contribution < -0.4 is 0 Å². The van der Waals surface area contributed by atoms with Crippen LogP contribution in [0.4, 0.5) is 11.5 Å². The Balaban J connectivity index is 2.08. The highest BCUT2D eigenvalue weighted by Gasteiger charge is 2.16. The van der Waals surface area contributed by atoms with Crippen LogP contribution in [0.15, 0.2) is 64.8 Å². The Kier molecular flexibility index (Phi) is 4.07. The average molecular weight is 322 g/mol. The molecule has 3 rings (SSSR count). The summed E-state index contributed by atoms with van der Waals surface area (Å²) in [6.07, 6.45) is 0. The molecule has 0 aliphatic carbocycles. The second kappa shape index (κ2) is 6.33. The number of carboxylic acids is 1. The fourth-order valence-electron chi connectivity index (χ4n) is 2.28. The van der Waals surface area contributed by atoms with Gasteiger partial charge >= 0.3 is 5.97 Å². The Morgan fingerprint density at radius 2 is 1.83 bits per heavy atom. The number of hydrogen-bond acceptors (Lipinski definition) is 5. The summed E-state index contributed by atoms with van der Waals surface area (Å²) in [6.45, 7) is 1.69. The summed E-state index contributed by atoms with van der Waals surface area (Å²) >= 11 is 0. The van der Waals surface area contributed by atoms with Crippen molar-refractivity contribution in [1.82, 2.24) is 9.55 Å². The van der Waals surface area contributed by atoms with E-state index in [0.29, 0.717) is 17.2 Å². The maximum atomic E-state index is 11.2. The Labute approximate surface area is 137 Å². The van der Waals surface area contributed by atoms with Crippen molar-refractivity contribution < 1.29 is 15.0 Å². The molecule has 0 aliphatic heterocycles. The highest BCUT2D eigenvalue weighted by atomic mass is 16.4. The van der Waals surface area contributed by atoms with Crippen LogP contribution in [-0.2, 0) is 0 Å². The molecule has 0 fully saturated rings. The second-order valence-electron chi connectivity index (χ2n) is 5.03. The number of benzene rings is 2. The van der Waals surface area contributed by atoms with Crippen LogP contribution in [0.5, 0.6) is 5.88 Å². The van der Waals surface area contributed by atoms with E-state index >= 15 is 0 Å². The zero-order chi connectivity index (χ0) is 17.1. The standard InChI is InChI=1S/C17H14N4O3/c1-11-18-16(22)15(20-19-13-7-3-2-4-8-13)21(11)14-9-5-6-12(10-14)17(23)24/h2-10,22H,1H3,(H,23,24). The van der Waals surface area contributed by atoms with Gasteiger partial charge in [0.1, 0.15) is 5.82 Å². The minimum Gasteiger partial charge on any atom is -0.491 e. The van der Waals surface area contributed by atoms with Gasteiger partial charge in [0.15, 0.2) is 0 Å². The molecule has 2 aromatic carbocycles. The van der Waals surface area contributed by atoms with Gasteiger partial charge in [-0.05, 0) is 37.3 Å². The fourth-order valence-corrected chi connectivity index (χ4v) is 2.28. The predicted molar refractivity (Wildman–Crippen MR) is 87.5 cm³/mol. The van der Waals surface area contributed by atoms with Crippen molar-refractivity contribution in [2.75, 3.05) is 0 Å². The van der Waals surface area contributed by atoms with Gasteiger partial charge in [-0.15, -0.1) is 10.2 Å². The number of carboxylic acid groups (broad SMARTS) is 1. The molecule has 0 spiro atoms. The van der Waals surface area contributed by atoms with E-state index in [0.717, 1.165) is 0 Å². The lowest BCUT2D eigenvalue weighted by atomic mass is 10.2. The first-order chi connectivity index (χ1) is 11.6. The molecule has 120 valence electrons. The van der Waals surface area contributed by atoms with Crippen molar-refractivity contribution in [3.8, 4) is 11.6 Å². The molecule has 2 N–H and O–H groups in total. The van der Waals surface area contributed by atoms with E-state index in [1.165, 1.54) is 12.1 Å². The summed E-state index contributed by atoms with van der Waals surface area (Å²) in [6, 6.07) is 15.4. The second-order valence-corrected chi connectivity index (χ2v) is 5.03. The molecule has 0 bridgehead atoms. The van der Waals surface area contributed by atoms with Crippen LogP contribution in [0.25, 0.3) is 5.69 Å². The number of carbonyl (C=O) groups is 1. The molecule has 7 heteroatoms. The van der Waals surface area contributed by atoms with Gasteiger partial charge in [0, 0.05) is 5.69 Å². The van der Waals surface area contributed by atoms with Gasteiger partial charge in [0.05, 0.1) is 11.3 Å². The summed E-state index contributed by atoms with van der Waals surface area (Å²) in [5.41, 5.74) is 1.29. The van der Waals surface area contributed by atoms with Gasteiger partial charge in [0.2, 0.25) is 5.82 Å². The highest BCUT2D eigenvalue weighted by Crippen LogP contribution is 2.32. The van der Waals surface area contributed by atoms with Crippen LogP contribution in [0.3, 0.4) is 0 Å². The number of hydrogen-bond donors (Lipinski definition) is 2. The predicted octanol–water partition coefficient (Wildman–Crippen LogP) is 4.00. The molecule has 7 nitrogen and oxygen atoms in total. The summed E-state index contributed by atoms with van der Waals surface area (Å²) in [7, 11) is 0. The Morgan fingerprint density at radius 1 is 1.08 bits per heavy atom. The Hall–Kier alpha value is -3.48. The van der Waals surface area contributed by atoms with Crippen LogP contribution >= 0.6 is 0 Å². The molecule has 0 unspecified atom stereocenters. The van der Waals surface area contributed by atoms with E-state index in [2.05, 4.69) is 15.2 Å². The van der Waals surface area contributed by atoms with Gasteiger partial charge in [-0.25, -0.2) is 4.79 Å². The maximum Gasteiger partial charge on any atom is 0.335 e. The molecule has 1 heterocycles. The van der Waals surface area contributed by atoms with E-state index in [1.807, 2.05) is 18.2 Å². The first-order valence-electron chi connectivity index (χ1n) is 7.15. The quantitative estimate of drug-likeness (QED) is 0.709. The molecule has 1 aromatic heterocycles. The van der Waals surface area contributed by atoms with Gasteiger partial charge in [-0.2, -0.15) is 4.98 Å². The number of azo groups is 1. The Bertz CT molecular complexity index is 917. The molecule has 0 radical (unpaired) electrons. The van der Waals surface area contributed by atoms with E-state index in [1.54, 1.807) is 35.8 Å². The highest BCUT2D eigenvalue weighted by molar-refractivity contribution is 5.88. The number of imidazole rings is 1. The summed E-state index contributed by atoms with van der Waals surface area (Å²) < 4.78 is 1.55. The minimum absolute atomic E-state index is 0.131. The topological polar surface area (TPSA) is 100 Å². The van der Waals surface area contributed by atoms with E-state index in [9.17, 15) is 9.90 Å². The average Bonchev–Trinajstić information content (AvgIpc) is 2.87. The smallest absolute Gasteiger partial charge is 0.335 e. The van der Waals surface area contributed by atoms with Crippen molar-refractivity contribution in [1.29, 1.82) is 0 Å². The van der Waals surface area contributed by atoms with Crippen LogP contribution in [-0.4, -0.2) is 25.7 Å². The van der Waals surface area contributed by atoms with Crippen LogP contribution in [0.1, 0.15) is 16.2 Å². The van der Waals surface area contributed by atoms with E-state index < -0.39 is 5.97 Å². The van der Waals surface area contributed by atoms with E-state index in [4.69, 9.17) is 5.11 Å². The summed E-state index contributed by atoms with van der Waals surface area (Å²) in [5, 5.41) is 27.3. The zero-order valence-corrected chi connectivity index (χ0v) is 12.8. The van der Waals surface area contributed by atoms with Crippen LogP contribution in [0.2, 0.25) is 0 Å². The van der Waals surface area contributed by atoms with Gasteiger partial charge in [0.25, 0.3) is 5.88 Å². The van der Waals surface area contributed by atoms with Gasteiger partial charge in [-0.1, -0.05) is 24.3 Å². The Morgan fingerprint density at radius 3 is 2.54 bits per heavy atom. The first kappa shape index (κ1) is 15.4. The SMILES string of the molecule is Cc1nc(O)c(N=Nc2ccccc2)n1-c1cccc(C(=O)O)c1. The lowest BCUT2D eigenvalue weighted by molar-refractivity contribution is 0.0697. The number of aromatic hydroxyl groups is 1. The lowest BCUT2D eigenvalue weighted by Gasteiger charge is -2.07. The molecule has 24 heavy (non-hydrogen) atoms. The summed E-state index contributed by atoms with van der Waals surface area (Å²) in [4.78, 5) is 15.1. The summed E-state index contributed by atoms with van der Waals surface area (Å²) in [5.74, 6) is -0.699. The number of aryl methyl sites for hydroxylation is 1. The minimum atomic E-state index is -1.04. The molecule has 3 aromatic rings. The molecular formula is C17H14N4O3. The van der Waals surface area contributed by atoms with E-state index in [-0.39, 0.29) is 17.3 Å². The van der Waals surface area contributed by atoms with Crippen molar-refractivity contribution in [2.45, 2.75) is 6.92 Å². The van der Waals surface area contributed by atoms with Crippen molar-refractivity contribution in [2.24, 2.45) is 10.2 Å². The third kappa shape index (κ3) is 3.00. The van der Waals surface area contributed by atoms with Crippen molar-refractivity contribution >= 4 is 17.5 Å². The molecule has 0 saturated heterocycles. The van der Waals surface area contributed by atoms with Crippen molar-refractivity contribution in [3.63, 3.8) is 0 Å². The van der Waals surface area contributed by atoms with Crippen LogP contribution in [0, 0.1) is 6.92 Å². The van der Waals surface area contributed by atoms with Gasteiger partial charge < -0.3 is 10.2 Å². The molecule has 0 saturated carbocycles. The van der Waals surface area contributed by atoms with Crippen molar-refractivity contribution in [3.05, 3.63) is 66.0 Å². The third-order valence-electron chi connectivity index (χ3n) is 3.37. The fraction of sp³-hybridized carbons (Fsp3) is 0.0588. The molecular weight excluding hydrogens is 308 g/mol. The normalized spacial score (nSPS) is 11.0. The van der Waals surface area contributed by atoms with Gasteiger partial charge in [-0.3, -0.25) is 4.57 Å². The molecule has 0 aliphatic rings. The largest absolute Gasteiger partial charge is 0.491 e. The lowest BCUT2D eigenvalue weighted by Crippen LogP contribution is -2.01. The number of aromatic carboxylic acids is 1. The number of nitrogens with zero attached hydrogens (tertiary/aromatic N) is 4. The number of aromatic nitrogens is 2. The maximum absolute atomic E-state index is 11.2.